The lowest BCUT2D eigenvalue weighted by Gasteiger charge is -1.98. The summed E-state index contributed by atoms with van der Waals surface area (Å²) in [5, 5.41) is 11.3. The van der Waals surface area contributed by atoms with Gasteiger partial charge in [0.15, 0.2) is 11.0 Å². The molecule has 2 aromatic rings. The second-order valence-electron chi connectivity index (χ2n) is 3.28. The molecule has 2 rings (SSSR count). The number of hydrogen-bond donors (Lipinski definition) is 1. The highest BCUT2D eigenvalue weighted by Crippen LogP contribution is 2.08. The molecule has 1 heterocycles. The van der Waals surface area contributed by atoms with E-state index in [0.29, 0.717) is 5.82 Å². The number of halogens is 3. The summed E-state index contributed by atoms with van der Waals surface area (Å²) in [6.45, 7) is 0. The van der Waals surface area contributed by atoms with Crippen LogP contribution in [0.3, 0.4) is 0 Å². The molecule has 18 heavy (non-hydrogen) atoms. The molecule has 0 atom stereocenters. The lowest BCUT2D eigenvalue weighted by atomic mass is 10.2. The van der Waals surface area contributed by atoms with E-state index in [9.17, 15) is 8.78 Å². The van der Waals surface area contributed by atoms with Crippen molar-refractivity contribution in [3.63, 3.8) is 0 Å². The van der Waals surface area contributed by atoms with Gasteiger partial charge in [-0.05, 0) is 24.3 Å². The van der Waals surface area contributed by atoms with Gasteiger partial charge in [0.1, 0.15) is 11.6 Å². The number of hydrogen-bond acceptors (Lipinski definition) is 4. The van der Waals surface area contributed by atoms with Crippen LogP contribution in [-0.4, -0.2) is 16.4 Å². The first-order valence-corrected chi connectivity index (χ1v) is 5.26. The minimum atomic E-state index is -0.692. The number of benzene rings is 1. The molecule has 0 aliphatic rings. The minimum absolute atomic E-state index is 0.158. The molecular formula is C11H7ClF2N4. The molecule has 1 aromatic heterocycles. The summed E-state index contributed by atoms with van der Waals surface area (Å²) in [5.74, 6) is -0.970. The number of nitrogens with zero attached hydrogens (tertiary/aromatic N) is 3. The molecule has 1 aromatic carbocycles. The van der Waals surface area contributed by atoms with E-state index < -0.39 is 11.6 Å². The lowest BCUT2D eigenvalue weighted by Crippen LogP contribution is -1.96. The predicted octanol–water partition coefficient (Wildman–Crippen LogP) is 2.85. The summed E-state index contributed by atoms with van der Waals surface area (Å²) >= 11 is 5.55. The van der Waals surface area contributed by atoms with Gasteiger partial charge in [-0.1, -0.05) is 11.6 Å². The van der Waals surface area contributed by atoms with Gasteiger partial charge in [-0.3, -0.25) is 5.43 Å². The van der Waals surface area contributed by atoms with Crippen molar-refractivity contribution in [2.75, 3.05) is 5.43 Å². The molecule has 4 nitrogen and oxygen atoms in total. The molecule has 0 fully saturated rings. The number of nitrogens with one attached hydrogen (secondary N) is 1. The van der Waals surface area contributed by atoms with Crippen molar-refractivity contribution < 1.29 is 8.78 Å². The Bertz CT molecular complexity index is 572. The van der Waals surface area contributed by atoms with E-state index in [2.05, 4.69) is 20.7 Å². The molecule has 0 saturated carbocycles. The van der Waals surface area contributed by atoms with Crippen molar-refractivity contribution in [3.8, 4) is 0 Å². The van der Waals surface area contributed by atoms with E-state index in [-0.39, 0.29) is 10.7 Å². The average Bonchev–Trinajstić information content (AvgIpc) is 2.34. The quantitative estimate of drug-likeness (QED) is 0.688. The van der Waals surface area contributed by atoms with Crippen LogP contribution in [0.4, 0.5) is 14.6 Å². The van der Waals surface area contributed by atoms with E-state index in [1.807, 2.05) is 0 Å². The van der Waals surface area contributed by atoms with E-state index in [0.717, 1.165) is 12.1 Å². The summed E-state index contributed by atoms with van der Waals surface area (Å²) in [4.78, 5) is 0. The molecule has 1 N–H and O–H groups in total. The third-order valence-electron chi connectivity index (χ3n) is 1.98. The van der Waals surface area contributed by atoms with Gasteiger partial charge in [0.2, 0.25) is 0 Å². The van der Waals surface area contributed by atoms with E-state index >= 15 is 0 Å². The van der Waals surface area contributed by atoms with Gasteiger partial charge in [0.05, 0.1) is 6.21 Å². The molecule has 7 heteroatoms. The smallest absolute Gasteiger partial charge is 0.168 e. The molecule has 0 amide bonds. The molecule has 0 spiro atoms. The molecule has 0 saturated heterocycles. The van der Waals surface area contributed by atoms with Gasteiger partial charge in [0, 0.05) is 11.6 Å². The Morgan fingerprint density at radius 2 is 2.00 bits per heavy atom. The Morgan fingerprint density at radius 3 is 2.67 bits per heavy atom. The topological polar surface area (TPSA) is 50.2 Å². The van der Waals surface area contributed by atoms with Gasteiger partial charge < -0.3 is 0 Å². The molecule has 0 aliphatic carbocycles. The fourth-order valence-corrected chi connectivity index (χ4v) is 1.25. The highest BCUT2D eigenvalue weighted by molar-refractivity contribution is 6.29. The monoisotopic (exact) mass is 268 g/mol. The van der Waals surface area contributed by atoms with Crippen LogP contribution in [0.1, 0.15) is 5.56 Å². The Hall–Kier alpha value is -2.08. The van der Waals surface area contributed by atoms with Crippen molar-refractivity contribution in [1.82, 2.24) is 10.2 Å². The van der Waals surface area contributed by atoms with Gasteiger partial charge in [-0.15, -0.1) is 10.2 Å². The standard InChI is InChI=1S/C11H7ClF2N4/c12-10-3-4-11(18-16-10)17-15-6-7-1-2-8(13)5-9(7)14/h1-6H,(H,17,18). The fraction of sp³-hybridized carbons (Fsp3) is 0. The first-order valence-electron chi connectivity index (χ1n) is 4.88. The third kappa shape index (κ3) is 3.21. The lowest BCUT2D eigenvalue weighted by molar-refractivity contribution is 0.582. The van der Waals surface area contributed by atoms with Crippen molar-refractivity contribution >= 4 is 23.6 Å². The zero-order valence-electron chi connectivity index (χ0n) is 8.94. The van der Waals surface area contributed by atoms with E-state index in [4.69, 9.17) is 11.6 Å². The summed E-state index contributed by atoms with van der Waals surface area (Å²) < 4.78 is 25.9. The summed E-state index contributed by atoms with van der Waals surface area (Å²) in [6, 6.07) is 6.30. The van der Waals surface area contributed by atoms with Crippen molar-refractivity contribution in [1.29, 1.82) is 0 Å². The Morgan fingerprint density at radius 1 is 1.17 bits per heavy atom. The zero-order valence-corrected chi connectivity index (χ0v) is 9.70. The Balaban J connectivity index is 2.05. The number of aromatic nitrogens is 2. The zero-order chi connectivity index (χ0) is 13.0. The average molecular weight is 269 g/mol. The van der Waals surface area contributed by atoms with Crippen molar-refractivity contribution in [3.05, 3.63) is 52.7 Å². The van der Waals surface area contributed by atoms with Gasteiger partial charge in [0.25, 0.3) is 0 Å². The largest absolute Gasteiger partial charge is 0.260 e. The SMILES string of the molecule is Fc1ccc(C=NNc2ccc(Cl)nn2)c(F)c1. The maximum Gasteiger partial charge on any atom is 0.168 e. The normalized spacial score (nSPS) is 10.8. The maximum atomic E-state index is 13.2. The van der Waals surface area contributed by atoms with Crippen LogP contribution in [0.15, 0.2) is 35.4 Å². The molecule has 0 unspecified atom stereocenters. The van der Waals surface area contributed by atoms with E-state index in [1.54, 1.807) is 6.07 Å². The van der Waals surface area contributed by atoms with Crippen LogP contribution in [0.5, 0.6) is 0 Å². The minimum Gasteiger partial charge on any atom is -0.260 e. The van der Waals surface area contributed by atoms with Crippen LogP contribution in [-0.2, 0) is 0 Å². The summed E-state index contributed by atoms with van der Waals surface area (Å²) in [7, 11) is 0. The molecule has 0 radical (unpaired) electrons. The van der Waals surface area contributed by atoms with Crippen LogP contribution in [0.2, 0.25) is 5.15 Å². The Labute approximate surface area is 106 Å². The first kappa shape index (κ1) is 12.4. The van der Waals surface area contributed by atoms with Gasteiger partial charge >= 0.3 is 0 Å². The van der Waals surface area contributed by atoms with E-state index in [1.165, 1.54) is 18.3 Å². The van der Waals surface area contributed by atoms with Crippen LogP contribution in [0, 0.1) is 11.6 Å². The van der Waals surface area contributed by atoms with Gasteiger partial charge in [-0.25, -0.2) is 8.78 Å². The van der Waals surface area contributed by atoms with Crippen LogP contribution < -0.4 is 5.43 Å². The highest BCUT2D eigenvalue weighted by atomic mass is 35.5. The number of anilines is 1. The van der Waals surface area contributed by atoms with Gasteiger partial charge in [-0.2, -0.15) is 5.10 Å². The van der Waals surface area contributed by atoms with Crippen LogP contribution in [0.25, 0.3) is 0 Å². The Kier molecular flexibility index (Phi) is 3.78. The van der Waals surface area contributed by atoms with Crippen LogP contribution >= 0.6 is 11.6 Å². The second kappa shape index (κ2) is 5.50. The highest BCUT2D eigenvalue weighted by Gasteiger charge is 2.00. The maximum absolute atomic E-state index is 13.2. The second-order valence-corrected chi connectivity index (χ2v) is 3.66. The molecular weight excluding hydrogens is 262 g/mol. The molecule has 0 aliphatic heterocycles. The number of hydrazone groups is 1. The summed E-state index contributed by atoms with van der Waals surface area (Å²) in [5.41, 5.74) is 2.70. The molecule has 92 valence electrons. The number of rotatable bonds is 3. The molecule has 0 bridgehead atoms. The summed E-state index contributed by atoms with van der Waals surface area (Å²) in [6.07, 6.45) is 1.21. The van der Waals surface area contributed by atoms with Crippen molar-refractivity contribution in [2.45, 2.75) is 0 Å². The fourth-order valence-electron chi connectivity index (χ4n) is 1.15. The van der Waals surface area contributed by atoms with Crippen molar-refractivity contribution in [2.24, 2.45) is 5.10 Å². The predicted molar refractivity (Wildman–Crippen MR) is 64.6 cm³/mol. The third-order valence-corrected chi connectivity index (χ3v) is 2.18. The first-order chi connectivity index (χ1) is 8.65.